The van der Waals surface area contributed by atoms with Gasteiger partial charge < -0.3 is 0 Å². The van der Waals surface area contributed by atoms with Crippen molar-refractivity contribution in [3.05, 3.63) is 301 Å². The summed E-state index contributed by atoms with van der Waals surface area (Å²) in [6, 6.07) is 85.9. The van der Waals surface area contributed by atoms with Gasteiger partial charge in [-0.05, 0) is 102 Å². The van der Waals surface area contributed by atoms with Crippen LogP contribution in [0, 0.1) is 0 Å². The monoisotopic (exact) mass is 1480 g/mol. The molecule has 0 atom stereocenters. The second kappa shape index (κ2) is 31.8. The Balaban J connectivity index is 0.000000140. The van der Waals surface area contributed by atoms with Gasteiger partial charge in [0, 0.05) is 116 Å². The average molecular weight is 1480 g/mol. The highest BCUT2D eigenvalue weighted by atomic mass is 15.2. The summed E-state index contributed by atoms with van der Waals surface area (Å²) in [4.78, 5) is 0. The first-order valence-corrected chi connectivity index (χ1v) is 40.0. The van der Waals surface area contributed by atoms with Crippen LogP contribution in [-0.2, 0) is 63.4 Å². The summed E-state index contributed by atoms with van der Waals surface area (Å²) in [6.45, 7) is 27.5. The minimum atomic E-state index is 0.393. The number of imidazole rings is 3. The first-order chi connectivity index (χ1) is 53.9. The molecule has 0 saturated heterocycles. The van der Waals surface area contributed by atoms with Gasteiger partial charge in [-0.1, -0.05) is 192 Å². The van der Waals surface area contributed by atoms with Gasteiger partial charge in [-0.15, -0.1) is 0 Å². The number of aromatic nitrogens is 12. The minimum Gasteiger partial charge on any atom is -0.227 e. The number of pyridine rings is 6. The molecule has 0 aliphatic heterocycles. The second-order valence-corrected chi connectivity index (χ2v) is 32.3. The molecule has 0 N–H and O–H groups in total. The van der Waals surface area contributed by atoms with E-state index in [1.165, 1.54) is 145 Å². The number of hydrogen-bond acceptors (Lipinski definition) is 0. The van der Waals surface area contributed by atoms with Crippen molar-refractivity contribution in [2.75, 3.05) is 0 Å². The molecule has 12 heteroatoms. The van der Waals surface area contributed by atoms with E-state index < -0.39 is 0 Å². The van der Waals surface area contributed by atoms with Crippen LogP contribution in [0.15, 0.2) is 268 Å². The van der Waals surface area contributed by atoms with Crippen LogP contribution in [0.4, 0.5) is 0 Å². The normalized spacial score (nSPS) is 11.7. The zero-order valence-corrected chi connectivity index (χ0v) is 69.7. The molecule has 112 heavy (non-hydrogen) atoms. The molecule has 0 bridgehead atoms. The van der Waals surface area contributed by atoms with Crippen molar-refractivity contribution in [3.63, 3.8) is 0 Å². The third-order valence-corrected chi connectivity index (χ3v) is 23.1. The van der Waals surface area contributed by atoms with E-state index >= 15 is 0 Å². The maximum Gasteiger partial charge on any atom is 0.360 e. The largest absolute Gasteiger partial charge is 0.360 e. The van der Waals surface area contributed by atoms with Crippen molar-refractivity contribution in [2.45, 2.75) is 119 Å². The first-order valence-electron chi connectivity index (χ1n) is 40.0. The van der Waals surface area contributed by atoms with E-state index in [2.05, 4.69) is 469 Å². The molecule has 16 aromatic rings. The van der Waals surface area contributed by atoms with Crippen LogP contribution in [0.25, 0.3) is 129 Å². The topological polar surface area (TPSA) is 49.7 Å². The summed E-state index contributed by atoms with van der Waals surface area (Å²) in [6.07, 6.45) is 11.0. The van der Waals surface area contributed by atoms with Gasteiger partial charge in [-0.25, -0.2) is 13.7 Å². The predicted molar refractivity (Wildman–Crippen MR) is 455 cm³/mol. The molecular formula is C100H113N12+9. The Morgan fingerprint density at radius 2 is 0.545 bits per heavy atom. The Kier molecular flexibility index (Phi) is 21.8. The van der Waals surface area contributed by atoms with Crippen molar-refractivity contribution in [3.8, 4) is 85.8 Å². The number of nitrogens with zero attached hydrogens (tertiary/aromatic N) is 12. The van der Waals surface area contributed by atoms with Crippen LogP contribution in [0.1, 0.15) is 152 Å². The molecule has 0 aliphatic rings. The Morgan fingerprint density at radius 3 is 0.946 bits per heavy atom. The molecule has 0 spiro atoms. The van der Waals surface area contributed by atoms with Crippen molar-refractivity contribution in [2.24, 2.45) is 63.4 Å². The van der Waals surface area contributed by atoms with Crippen molar-refractivity contribution < 1.29 is 41.1 Å². The Labute approximate surface area is 663 Å². The standard InChI is InChI=1S/C36H39N4.2C32H37N4/c1-24(2)27-15-12-16-28(25(3)4)35(27)40-33-19-11-10-18-31(33)39(7)36(40)34-21-13-20-30(38(34)6)32-23-22-26-14-8-9-17-29(26)37(32)5;1-22(2)25-13-10-14-26(23(3)4)31(25)36-21-20-33(5)32(36)30-17-11-16-28(35(30)7)29-19-18-24-12-8-9-15-27(24)34(29)6;1-22(2)26-14-10-15-27(23(3)4)31(26)36-19-18-33(5)32(36)29-17-11-16-28(35(29)7)30-20-24-12-8-9-13-25(24)21-34(30)6/h8-25H,1-7H3;2*8-23H,1-7H3/q3*+3. The summed E-state index contributed by atoms with van der Waals surface area (Å²) in [5.74, 6) is 5.99. The van der Waals surface area contributed by atoms with Crippen LogP contribution >= 0.6 is 0 Å². The van der Waals surface area contributed by atoms with Gasteiger partial charge in [0.1, 0.15) is 84.1 Å². The number of benzene rings is 7. The lowest BCUT2D eigenvalue weighted by molar-refractivity contribution is -0.697. The maximum atomic E-state index is 2.51. The lowest BCUT2D eigenvalue weighted by atomic mass is 9.92. The van der Waals surface area contributed by atoms with Gasteiger partial charge in [0.25, 0.3) is 51.2 Å². The van der Waals surface area contributed by atoms with Crippen molar-refractivity contribution in [1.29, 1.82) is 0 Å². The molecule has 0 fully saturated rings. The lowest BCUT2D eigenvalue weighted by Gasteiger charge is -2.18. The van der Waals surface area contributed by atoms with Gasteiger partial charge in [0.15, 0.2) is 17.2 Å². The fourth-order valence-electron chi connectivity index (χ4n) is 17.0. The number of rotatable bonds is 15. The summed E-state index contributed by atoms with van der Waals surface area (Å²) < 4.78 is 27.9. The van der Waals surface area contributed by atoms with Crippen LogP contribution < -0.4 is 41.1 Å². The lowest BCUT2D eigenvalue weighted by Crippen LogP contribution is -2.43. The molecule has 9 aromatic heterocycles. The molecule has 7 aromatic carbocycles. The Hall–Kier alpha value is -11.9. The van der Waals surface area contributed by atoms with E-state index in [1.807, 2.05) is 0 Å². The van der Waals surface area contributed by atoms with E-state index in [-0.39, 0.29) is 0 Å². The molecule has 12 nitrogen and oxygen atoms in total. The average Bonchev–Trinajstić information content (AvgIpc) is 1.56. The smallest absolute Gasteiger partial charge is 0.227 e. The van der Waals surface area contributed by atoms with E-state index in [9.17, 15) is 0 Å². The summed E-state index contributed by atoms with van der Waals surface area (Å²) >= 11 is 0. The van der Waals surface area contributed by atoms with Crippen LogP contribution in [0.2, 0.25) is 0 Å². The molecule has 0 unspecified atom stereocenters. The van der Waals surface area contributed by atoms with Crippen LogP contribution in [-0.4, -0.2) is 13.7 Å². The van der Waals surface area contributed by atoms with Crippen molar-refractivity contribution in [1.82, 2.24) is 13.7 Å². The van der Waals surface area contributed by atoms with Crippen LogP contribution in [0.3, 0.4) is 0 Å². The maximum absolute atomic E-state index is 2.51. The number of aryl methyl sites for hydroxylation is 6. The summed E-state index contributed by atoms with van der Waals surface area (Å²) in [5.41, 5.74) is 27.6. The minimum absolute atomic E-state index is 0.393. The number of hydrogen-bond donors (Lipinski definition) is 0. The third-order valence-electron chi connectivity index (χ3n) is 23.1. The number of fused-ring (bicyclic) bond motifs is 4. The fraction of sp³-hybridized carbons (Fsp3) is 0.270. The van der Waals surface area contributed by atoms with Crippen LogP contribution in [0.5, 0.6) is 0 Å². The SMILES string of the molecule is CC(C)c1cccc(C(C)C)c1-n1c(-c2cccc(-c3ccc4ccccc4[n+]3C)[n+]2C)[n+](C)c2ccccc21.CC(C)c1cccc(C(C)C)c1-n1cc[n+](C)c1-c1cccc(-c2cc3ccccc3c[n+]2C)[n+]1C.CC(C)c1cccc(C(C)C)c1-n1cc[n+](C)c1-c1cccc(-c2ccc3ccccc3[n+]2C)[n+]1C. The third kappa shape index (κ3) is 14.1. The van der Waals surface area contributed by atoms with E-state index in [0.29, 0.717) is 35.5 Å². The van der Waals surface area contributed by atoms with E-state index in [4.69, 9.17) is 0 Å². The molecule has 0 radical (unpaired) electrons. The molecule has 16 rings (SSSR count). The molecule has 0 aliphatic carbocycles. The number of para-hydroxylation sites is 7. The van der Waals surface area contributed by atoms with Gasteiger partial charge >= 0.3 is 17.5 Å². The van der Waals surface area contributed by atoms with Gasteiger partial charge in [0.2, 0.25) is 11.0 Å². The highest BCUT2D eigenvalue weighted by Crippen LogP contribution is 2.39. The fourth-order valence-corrected chi connectivity index (χ4v) is 17.0. The summed E-state index contributed by atoms with van der Waals surface area (Å²) in [7, 11) is 19.5. The van der Waals surface area contributed by atoms with E-state index in [0.717, 1.165) is 17.3 Å². The highest BCUT2D eigenvalue weighted by Gasteiger charge is 2.39. The predicted octanol–water partition coefficient (Wildman–Crippen LogP) is 18.2. The zero-order valence-electron chi connectivity index (χ0n) is 69.7. The van der Waals surface area contributed by atoms with Gasteiger partial charge in [-0.2, -0.15) is 41.1 Å². The Morgan fingerprint density at radius 1 is 0.232 bits per heavy atom. The zero-order chi connectivity index (χ0) is 79.2. The van der Waals surface area contributed by atoms with Gasteiger partial charge in [-0.3, -0.25) is 0 Å². The highest BCUT2D eigenvalue weighted by molar-refractivity contribution is 5.84. The molecule has 564 valence electrons. The molecule has 0 saturated carbocycles. The second-order valence-electron chi connectivity index (χ2n) is 32.3. The summed E-state index contributed by atoms with van der Waals surface area (Å²) in [5, 5.41) is 4.98. The van der Waals surface area contributed by atoms with Crippen molar-refractivity contribution >= 4 is 43.6 Å². The molecule has 9 heterocycles. The van der Waals surface area contributed by atoms with Gasteiger partial charge in [0.05, 0.1) is 21.1 Å². The van der Waals surface area contributed by atoms with E-state index in [1.54, 1.807) is 0 Å². The molecule has 0 amide bonds. The molecular weight excluding hydrogens is 1370 g/mol. The Bertz CT molecular complexity index is 5990. The first kappa shape index (κ1) is 76.9. The quantitative estimate of drug-likeness (QED) is 0.0919.